The molecular formula is C20H34N4O2. The number of rotatable bonds is 9. The van der Waals surface area contributed by atoms with Gasteiger partial charge >= 0.3 is 0 Å². The monoisotopic (exact) mass is 362 g/mol. The van der Waals surface area contributed by atoms with Crippen molar-refractivity contribution in [1.82, 2.24) is 10.6 Å². The van der Waals surface area contributed by atoms with E-state index in [1.807, 2.05) is 12.1 Å². The smallest absolute Gasteiger partial charge is 0.191 e. The molecule has 1 aromatic carbocycles. The summed E-state index contributed by atoms with van der Waals surface area (Å²) in [6.07, 6.45) is 1.08. The average Bonchev–Trinajstić information content (AvgIpc) is 3.09. The minimum atomic E-state index is 0.370. The van der Waals surface area contributed by atoms with E-state index in [0.29, 0.717) is 25.1 Å². The van der Waals surface area contributed by atoms with Crippen LogP contribution in [0.1, 0.15) is 27.2 Å². The quantitative estimate of drug-likeness (QED) is 0.402. The van der Waals surface area contributed by atoms with Gasteiger partial charge in [-0.1, -0.05) is 26.0 Å². The lowest BCUT2D eigenvalue weighted by molar-refractivity contribution is 0.117. The van der Waals surface area contributed by atoms with Crippen LogP contribution in [0.5, 0.6) is 5.75 Å². The van der Waals surface area contributed by atoms with Crippen molar-refractivity contribution in [3.63, 3.8) is 0 Å². The first-order chi connectivity index (χ1) is 12.6. The van der Waals surface area contributed by atoms with Gasteiger partial charge < -0.3 is 25.0 Å². The van der Waals surface area contributed by atoms with Crippen LogP contribution >= 0.6 is 0 Å². The topological polar surface area (TPSA) is 58.1 Å². The van der Waals surface area contributed by atoms with E-state index in [1.165, 1.54) is 0 Å². The highest BCUT2D eigenvalue weighted by molar-refractivity contribution is 5.80. The molecule has 0 saturated carbocycles. The number of para-hydroxylation sites is 2. The standard InChI is InChI=1S/C20H34N4O2/c1-5-21-20(22-11-13-26-15-16(2)3)23-17-10-12-24(14-17)18-8-6-7-9-19(18)25-4/h6-9,16-17H,5,10-15H2,1-4H3,(H2,21,22,23). The Kier molecular flexibility index (Phi) is 8.54. The molecule has 0 aliphatic carbocycles. The molecular weight excluding hydrogens is 328 g/mol. The molecule has 1 aliphatic heterocycles. The molecule has 1 saturated heterocycles. The largest absolute Gasteiger partial charge is 0.495 e. The van der Waals surface area contributed by atoms with Crippen molar-refractivity contribution in [2.45, 2.75) is 33.2 Å². The first kappa shape index (κ1) is 20.4. The molecule has 6 heteroatoms. The van der Waals surface area contributed by atoms with Crippen LogP contribution in [0.2, 0.25) is 0 Å². The molecule has 1 unspecified atom stereocenters. The number of nitrogens with zero attached hydrogens (tertiary/aromatic N) is 2. The van der Waals surface area contributed by atoms with Gasteiger partial charge in [0.05, 0.1) is 25.9 Å². The van der Waals surface area contributed by atoms with Gasteiger partial charge in [-0.3, -0.25) is 4.99 Å². The van der Waals surface area contributed by atoms with Crippen molar-refractivity contribution >= 4 is 11.6 Å². The lowest BCUT2D eigenvalue weighted by atomic mass is 10.2. The molecule has 0 radical (unpaired) electrons. The summed E-state index contributed by atoms with van der Waals surface area (Å²) < 4.78 is 11.1. The van der Waals surface area contributed by atoms with Crippen molar-refractivity contribution in [3.8, 4) is 5.75 Å². The van der Waals surface area contributed by atoms with Gasteiger partial charge in [0, 0.05) is 32.3 Å². The molecule has 1 aliphatic rings. The molecule has 0 spiro atoms. The summed E-state index contributed by atoms with van der Waals surface area (Å²) >= 11 is 0. The van der Waals surface area contributed by atoms with E-state index >= 15 is 0 Å². The number of aliphatic imine (C=N–C) groups is 1. The van der Waals surface area contributed by atoms with Gasteiger partial charge in [0.25, 0.3) is 0 Å². The van der Waals surface area contributed by atoms with E-state index in [9.17, 15) is 0 Å². The highest BCUT2D eigenvalue weighted by Crippen LogP contribution is 2.30. The molecule has 146 valence electrons. The van der Waals surface area contributed by atoms with Crippen LogP contribution in [0.25, 0.3) is 0 Å². The number of nitrogens with one attached hydrogen (secondary N) is 2. The molecule has 1 aromatic rings. The number of hydrogen-bond donors (Lipinski definition) is 2. The van der Waals surface area contributed by atoms with E-state index < -0.39 is 0 Å². The van der Waals surface area contributed by atoms with Gasteiger partial charge in [0.15, 0.2) is 5.96 Å². The molecule has 2 N–H and O–H groups in total. The molecule has 6 nitrogen and oxygen atoms in total. The predicted octanol–water partition coefficient (Wildman–Crippen LogP) is 2.50. The van der Waals surface area contributed by atoms with E-state index in [-0.39, 0.29) is 0 Å². The molecule has 0 amide bonds. The van der Waals surface area contributed by atoms with Crippen LogP contribution in [0.3, 0.4) is 0 Å². The van der Waals surface area contributed by atoms with Crippen molar-refractivity contribution in [2.24, 2.45) is 10.9 Å². The molecule has 0 bridgehead atoms. The maximum Gasteiger partial charge on any atom is 0.191 e. The van der Waals surface area contributed by atoms with Gasteiger partial charge in [-0.15, -0.1) is 0 Å². The Bertz CT molecular complexity index is 562. The van der Waals surface area contributed by atoms with E-state index in [2.05, 4.69) is 53.4 Å². The van der Waals surface area contributed by atoms with Gasteiger partial charge in [0.2, 0.25) is 0 Å². The minimum Gasteiger partial charge on any atom is -0.495 e. The molecule has 26 heavy (non-hydrogen) atoms. The van der Waals surface area contributed by atoms with Crippen LogP contribution in [-0.2, 0) is 4.74 Å². The summed E-state index contributed by atoms with van der Waals surface area (Å²) in [4.78, 5) is 7.00. The second-order valence-corrected chi connectivity index (χ2v) is 6.98. The Morgan fingerprint density at radius 3 is 2.88 bits per heavy atom. The molecule has 1 atom stereocenters. The summed E-state index contributed by atoms with van der Waals surface area (Å²) in [7, 11) is 1.72. The Labute approximate surface area is 158 Å². The normalized spacial score (nSPS) is 17.7. The molecule has 1 heterocycles. The first-order valence-electron chi connectivity index (χ1n) is 9.64. The van der Waals surface area contributed by atoms with E-state index in [1.54, 1.807) is 7.11 Å². The lowest BCUT2D eigenvalue weighted by Crippen LogP contribution is -2.44. The number of benzene rings is 1. The Morgan fingerprint density at radius 2 is 2.15 bits per heavy atom. The fourth-order valence-corrected chi connectivity index (χ4v) is 3.04. The maximum absolute atomic E-state index is 5.61. The van der Waals surface area contributed by atoms with Crippen molar-refractivity contribution < 1.29 is 9.47 Å². The number of guanidine groups is 1. The number of anilines is 1. The van der Waals surface area contributed by atoms with Crippen molar-refractivity contribution in [2.75, 3.05) is 51.4 Å². The Morgan fingerprint density at radius 1 is 1.35 bits per heavy atom. The van der Waals surface area contributed by atoms with E-state index in [4.69, 9.17) is 9.47 Å². The van der Waals surface area contributed by atoms with Crippen LogP contribution in [0, 0.1) is 5.92 Å². The minimum absolute atomic E-state index is 0.370. The molecule has 1 fully saturated rings. The zero-order valence-electron chi connectivity index (χ0n) is 16.6. The maximum atomic E-state index is 5.61. The molecule has 2 rings (SSSR count). The van der Waals surface area contributed by atoms with Crippen molar-refractivity contribution in [3.05, 3.63) is 24.3 Å². The Hall–Kier alpha value is -1.95. The first-order valence-corrected chi connectivity index (χ1v) is 9.64. The Balaban J connectivity index is 1.85. The van der Waals surface area contributed by atoms with Crippen LogP contribution in [0.15, 0.2) is 29.3 Å². The zero-order valence-corrected chi connectivity index (χ0v) is 16.6. The number of methoxy groups -OCH3 is 1. The third kappa shape index (κ3) is 6.41. The third-order valence-electron chi connectivity index (χ3n) is 4.26. The zero-order chi connectivity index (χ0) is 18.8. The van der Waals surface area contributed by atoms with Gasteiger partial charge in [-0.2, -0.15) is 0 Å². The van der Waals surface area contributed by atoms with Gasteiger partial charge in [-0.25, -0.2) is 0 Å². The second kappa shape index (κ2) is 10.9. The summed E-state index contributed by atoms with van der Waals surface area (Å²) in [5.41, 5.74) is 1.16. The van der Waals surface area contributed by atoms with Crippen molar-refractivity contribution in [1.29, 1.82) is 0 Å². The van der Waals surface area contributed by atoms with Gasteiger partial charge in [0.1, 0.15) is 5.75 Å². The lowest BCUT2D eigenvalue weighted by Gasteiger charge is -2.22. The van der Waals surface area contributed by atoms with Crippen LogP contribution in [-0.4, -0.2) is 58.5 Å². The third-order valence-corrected chi connectivity index (χ3v) is 4.26. The second-order valence-electron chi connectivity index (χ2n) is 6.98. The predicted molar refractivity (Wildman–Crippen MR) is 108 cm³/mol. The summed E-state index contributed by atoms with van der Waals surface area (Å²) in [5, 5.41) is 6.88. The SMILES string of the molecule is CCNC(=NCCOCC(C)C)NC1CCN(c2ccccc2OC)C1. The van der Waals surface area contributed by atoms with Gasteiger partial charge in [-0.05, 0) is 31.4 Å². The summed E-state index contributed by atoms with van der Waals surface area (Å²) in [6.45, 7) is 11.3. The van der Waals surface area contributed by atoms with Crippen LogP contribution in [0.4, 0.5) is 5.69 Å². The average molecular weight is 363 g/mol. The summed E-state index contributed by atoms with van der Waals surface area (Å²) in [6, 6.07) is 8.56. The summed E-state index contributed by atoms with van der Waals surface area (Å²) in [5.74, 6) is 2.35. The number of hydrogen-bond acceptors (Lipinski definition) is 4. The number of ether oxygens (including phenoxy) is 2. The fraction of sp³-hybridized carbons (Fsp3) is 0.650. The fourth-order valence-electron chi connectivity index (χ4n) is 3.04. The highest BCUT2D eigenvalue weighted by Gasteiger charge is 2.25. The highest BCUT2D eigenvalue weighted by atomic mass is 16.5. The molecule has 0 aromatic heterocycles. The van der Waals surface area contributed by atoms with E-state index in [0.717, 1.165) is 50.1 Å². The van der Waals surface area contributed by atoms with Crippen LogP contribution < -0.4 is 20.3 Å².